The fraction of sp³-hybridized carbons (Fsp3) is 0.310. The van der Waals surface area contributed by atoms with Crippen LogP contribution in [0, 0.1) is 6.92 Å². The molecule has 4 rings (SSSR count). The second kappa shape index (κ2) is 10.7. The standard InChI is InChI=1S/C29H32N2O5/c1-18(2)36-22-11-9-20(10-12-22)24(16-27(33)35-4)28-26(32)15-19(3)31(29(28)34)14-13-21-17-30-25-8-6-5-7-23(21)25/h5-12,15,17-18,24,30,32H,13-14,16H2,1-4H3/t24-/m0/s1. The Bertz CT molecular complexity index is 1420. The van der Waals surface area contributed by atoms with E-state index >= 15 is 0 Å². The van der Waals surface area contributed by atoms with Crippen LogP contribution >= 0.6 is 0 Å². The summed E-state index contributed by atoms with van der Waals surface area (Å²) < 4.78 is 12.3. The Balaban J connectivity index is 1.71. The van der Waals surface area contributed by atoms with Gasteiger partial charge in [0.2, 0.25) is 0 Å². The van der Waals surface area contributed by atoms with Gasteiger partial charge in [-0.1, -0.05) is 30.3 Å². The third-order valence-electron chi connectivity index (χ3n) is 6.40. The largest absolute Gasteiger partial charge is 0.507 e. The highest BCUT2D eigenvalue weighted by atomic mass is 16.5. The molecule has 0 amide bonds. The van der Waals surface area contributed by atoms with Gasteiger partial charge in [0, 0.05) is 35.3 Å². The molecule has 36 heavy (non-hydrogen) atoms. The van der Waals surface area contributed by atoms with Crippen LogP contribution in [0.15, 0.2) is 65.6 Å². The van der Waals surface area contributed by atoms with E-state index in [1.165, 1.54) is 7.11 Å². The Hall–Kier alpha value is -4.00. The maximum absolute atomic E-state index is 13.7. The van der Waals surface area contributed by atoms with Gasteiger partial charge in [-0.15, -0.1) is 0 Å². The number of aromatic amines is 1. The van der Waals surface area contributed by atoms with E-state index in [9.17, 15) is 14.7 Å². The number of aromatic nitrogens is 2. The SMILES string of the molecule is COC(=O)C[C@@H](c1ccc(OC(C)C)cc1)c1c(O)cc(C)n(CCc2c[nH]c3ccccc23)c1=O. The van der Waals surface area contributed by atoms with E-state index in [0.29, 0.717) is 24.4 Å². The van der Waals surface area contributed by atoms with Gasteiger partial charge in [0.1, 0.15) is 11.5 Å². The smallest absolute Gasteiger partial charge is 0.306 e. The molecular formula is C29H32N2O5. The Morgan fingerprint density at radius 1 is 1.11 bits per heavy atom. The van der Waals surface area contributed by atoms with E-state index in [0.717, 1.165) is 22.0 Å². The number of para-hydroxylation sites is 1. The second-order valence-corrected chi connectivity index (χ2v) is 9.22. The fourth-order valence-electron chi connectivity index (χ4n) is 4.63. The summed E-state index contributed by atoms with van der Waals surface area (Å²) in [7, 11) is 1.31. The molecule has 0 aliphatic rings. The molecular weight excluding hydrogens is 456 g/mol. The number of aromatic hydroxyl groups is 1. The highest BCUT2D eigenvalue weighted by Gasteiger charge is 2.26. The molecule has 2 heterocycles. The summed E-state index contributed by atoms with van der Waals surface area (Å²) in [5.41, 5.74) is 3.39. The van der Waals surface area contributed by atoms with Crippen molar-refractivity contribution in [1.29, 1.82) is 0 Å². The van der Waals surface area contributed by atoms with Gasteiger partial charge in [0.25, 0.3) is 5.56 Å². The van der Waals surface area contributed by atoms with Crippen molar-refractivity contribution in [1.82, 2.24) is 9.55 Å². The maximum Gasteiger partial charge on any atom is 0.306 e. The quantitative estimate of drug-likeness (QED) is 0.321. The van der Waals surface area contributed by atoms with E-state index in [1.54, 1.807) is 29.7 Å². The molecule has 2 N–H and O–H groups in total. The third-order valence-corrected chi connectivity index (χ3v) is 6.40. The van der Waals surface area contributed by atoms with Crippen LogP contribution in [0.2, 0.25) is 0 Å². The molecule has 2 aromatic carbocycles. The van der Waals surface area contributed by atoms with Crippen molar-refractivity contribution in [2.24, 2.45) is 0 Å². The number of rotatable bonds is 9. The van der Waals surface area contributed by atoms with Crippen molar-refractivity contribution in [3.63, 3.8) is 0 Å². The fourth-order valence-corrected chi connectivity index (χ4v) is 4.63. The highest BCUT2D eigenvalue weighted by Crippen LogP contribution is 2.33. The van der Waals surface area contributed by atoms with Crippen molar-refractivity contribution in [2.45, 2.75) is 52.2 Å². The summed E-state index contributed by atoms with van der Waals surface area (Å²) >= 11 is 0. The zero-order valence-electron chi connectivity index (χ0n) is 21.1. The Labute approximate surface area is 210 Å². The number of fused-ring (bicyclic) bond motifs is 1. The summed E-state index contributed by atoms with van der Waals surface area (Å²) in [6.07, 6.45) is 2.55. The minimum absolute atomic E-state index is 0.0206. The minimum Gasteiger partial charge on any atom is -0.507 e. The molecule has 0 fully saturated rings. The molecule has 0 saturated heterocycles. The molecule has 7 heteroatoms. The Morgan fingerprint density at radius 2 is 1.83 bits per heavy atom. The topological polar surface area (TPSA) is 93.6 Å². The summed E-state index contributed by atoms with van der Waals surface area (Å²) in [6, 6.07) is 16.9. The van der Waals surface area contributed by atoms with Crippen LogP contribution in [0.1, 0.15) is 48.6 Å². The van der Waals surface area contributed by atoms with Crippen LogP contribution in [0.5, 0.6) is 11.5 Å². The zero-order chi connectivity index (χ0) is 25.8. The zero-order valence-corrected chi connectivity index (χ0v) is 21.1. The molecule has 0 saturated carbocycles. The summed E-state index contributed by atoms with van der Waals surface area (Å²) in [5, 5.41) is 12.0. The lowest BCUT2D eigenvalue weighted by molar-refractivity contribution is -0.140. The average molecular weight is 489 g/mol. The van der Waals surface area contributed by atoms with E-state index < -0.39 is 11.9 Å². The second-order valence-electron chi connectivity index (χ2n) is 9.22. The lowest BCUT2D eigenvalue weighted by atomic mass is 9.88. The number of hydrogen-bond acceptors (Lipinski definition) is 5. The van der Waals surface area contributed by atoms with Gasteiger partial charge in [-0.2, -0.15) is 0 Å². The van der Waals surface area contributed by atoms with Crippen LogP contribution in [0.25, 0.3) is 10.9 Å². The molecule has 4 aromatic rings. The van der Waals surface area contributed by atoms with Gasteiger partial charge in [0.05, 0.1) is 25.2 Å². The first kappa shape index (κ1) is 25.1. The van der Waals surface area contributed by atoms with Gasteiger partial charge in [0.15, 0.2) is 0 Å². The third kappa shape index (κ3) is 5.30. The number of carbonyl (C=O) groups excluding carboxylic acids is 1. The van der Waals surface area contributed by atoms with E-state index in [1.807, 2.05) is 50.4 Å². The number of nitrogens with zero attached hydrogens (tertiary/aromatic N) is 1. The molecule has 188 valence electrons. The molecule has 0 bridgehead atoms. The highest BCUT2D eigenvalue weighted by molar-refractivity contribution is 5.83. The lowest BCUT2D eigenvalue weighted by Gasteiger charge is -2.21. The van der Waals surface area contributed by atoms with Gasteiger partial charge in [-0.25, -0.2) is 0 Å². The predicted molar refractivity (Wildman–Crippen MR) is 140 cm³/mol. The van der Waals surface area contributed by atoms with Crippen LogP contribution in [-0.2, 0) is 22.5 Å². The summed E-state index contributed by atoms with van der Waals surface area (Å²) in [5.74, 6) is -0.572. The van der Waals surface area contributed by atoms with Crippen LogP contribution in [0.3, 0.4) is 0 Å². The number of aryl methyl sites for hydroxylation is 2. The van der Waals surface area contributed by atoms with Gasteiger partial charge < -0.3 is 24.1 Å². The number of hydrogen-bond donors (Lipinski definition) is 2. The first-order chi connectivity index (χ1) is 17.3. The number of H-pyrrole nitrogens is 1. The maximum atomic E-state index is 13.7. The number of pyridine rings is 1. The number of benzene rings is 2. The van der Waals surface area contributed by atoms with Crippen molar-refractivity contribution < 1.29 is 19.4 Å². The predicted octanol–water partition coefficient (Wildman–Crippen LogP) is 5.07. The van der Waals surface area contributed by atoms with Gasteiger partial charge >= 0.3 is 5.97 Å². The molecule has 0 aliphatic heterocycles. The summed E-state index contributed by atoms with van der Waals surface area (Å²) in [4.78, 5) is 29.3. The molecule has 0 aliphatic carbocycles. The molecule has 7 nitrogen and oxygen atoms in total. The minimum atomic E-state index is -0.669. The van der Waals surface area contributed by atoms with Crippen molar-refractivity contribution in [3.8, 4) is 11.5 Å². The molecule has 0 radical (unpaired) electrons. The molecule has 1 atom stereocenters. The van der Waals surface area contributed by atoms with Gasteiger partial charge in [-0.05, 0) is 62.6 Å². The molecule has 0 spiro atoms. The monoisotopic (exact) mass is 488 g/mol. The first-order valence-corrected chi connectivity index (χ1v) is 12.1. The normalized spacial score (nSPS) is 12.1. The number of ether oxygens (including phenoxy) is 2. The number of esters is 1. The van der Waals surface area contributed by atoms with Crippen molar-refractivity contribution >= 4 is 16.9 Å². The van der Waals surface area contributed by atoms with E-state index in [2.05, 4.69) is 11.1 Å². The Morgan fingerprint density at radius 3 is 2.53 bits per heavy atom. The van der Waals surface area contributed by atoms with Gasteiger partial charge in [-0.3, -0.25) is 9.59 Å². The van der Waals surface area contributed by atoms with E-state index in [4.69, 9.17) is 9.47 Å². The Kier molecular flexibility index (Phi) is 7.48. The number of nitrogens with one attached hydrogen (secondary N) is 1. The van der Waals surface area contributed by atoms with Crippen LogP contribution in [-0.4, -0.2) is 33.8 Å². The van der Waals surface area contributed by atoms with Crippen molar-refractivity contribution in [2.75, 3.05) is 7.11 Å². The number of carbonyl (C=O) groups is 1. The van der Waals surface area contributed by atoms with Crippen LogP contribution in [0.4, 0.5) is 0 Å². The van der Waals surface area contributed by atoms with Crippen molar-refractivity contribution in [3.05, 3.63) is 93.5 Å². The molecule has 0 unspecified atom stereocenters. The average Bonchev–Trinajstić information content (AvgIpc) is 3.26. The van der Waals surface area contributed by atoms with E-state index in [-0.39, 0.29) is 29.4 Å². The molecule has 2 aromatic heterocycles. The summed E-state index contributed by atoms with van der Waals surface area (Å²) in [6.45, 7) is 6.12. The first-order valence-electron chi connectivity index (χ1n) is 12.1. The number of methoxy groups -OCH3 is 1. The van der Waals surface area contributed by atoms with Crippen LogP contribution < -0.4 is 10.3 Å². The lowest BCUT2D eigenvalue weighted by Crippen LogP contribution is -2.29.